The van der Waals surface area contributed by atoms with Crippen molar-refractivity contribution in [2.24, 2.45) is 0 Å². The van der Waals surface area contributed by atoms with Crippen LogP contribution >= 0.6 is 0 Å². The van der Waals surface area contributed by atoms with Gasteiger partial charge in [-0.25, -0.2) is 5.43 Å². The number of aromatic amines is 1. The molecule has 0 radical (unpaired) electrons. The maximum atomic E-state index is 12.4. The molecule has 0 aliphatic carbocycles. The highest BCUT2D eigenvalue weighted by Crippen LogP contribution is 2.25. The van der Waals surface area contributed by atoms with Crippen LogP contribution in [0.4, 0.5) is 5.69 Å². The number of nitro groups is 1. The van der Waals surface area contributed by atoms with Crippen LogP contribution in [0.3, 0.4) is 0 Å². The molecule has 2 aromatic carbocycles. The first-order chi connectivity index (χ1) is 17.5. The minimum atomic E-state index is -0.529. The molecule has 0 fully saturated rings. The van der Waals surface area contributed by atoms with Crippen LogP contribution in [0.5, 0.6) is 0 Å². The number of non-ortho nitro benzene ring substituents is 1. The van der Waals surface area contributed by atoms with Gasteiger partial charge in [0.1, 0.15) is 6.23 Å². The lowest BCUT2D eigenvalue weighted by Crippen LogP contribution is -2.41. The molecular formula is C27H37N5O4. The minimum absolute atomic E-state index is 0.0695. The molecule has 1 aromatic heterocycles. The number of rotatable bonds is 16. The van der Waals surface area contributed by atoms with E-state index in [1.807, 2.05) is 30.5 Å². The van der Waals surface area contributed by atoms with Crippen LogP contribution in [-0.2, 0) is 6.42 Å². The number of nitro benzene ring substituents is 1. The van der Waals surface area contributed by atoms with E-state index in [1.54, 1.807) is 12.1 Å². The van der Waals surface area contributed by atoms with E-state index in [-0.39, 0.29) is 16.5 Å². The van der Waals surface area contributed by atoms with Crippen molar-refractivity contribution in [1.29, 1.82) is 0 Å². The van der Waals surface area contributed by atoms with E-state index < -0.39 is 6.23 Å². The third-order valence-corrected chi connectivity index (χ3v) is 6.19. The third kappa shape index (κ3) is 8.44. The van der Waals surface area contributed by atoms with Crippen molar-refractivity contribution in [1.82, 2.24) is 21.2 Å². The van der Waals surface area contributed by atoms with Crippen molar-refractivity contribution < 1.29 is 14.8 Å². The predicted octanol–water partition coefficient (Wildman–Crippen LogP) is 4.56. The fraction of sp³-hybridized carbons (Fsp3) is 0.444. The van der Waals surface area contributed by atoms with Gasteiger partial charge >= 0.3 is 0 Å². The Bertz CT molecular complexity index is 1110. The Labute approximate surface area is 211 Å². The second-order valence-corrected chi connectivity index (χ2v) is 9.07. The van der Waals surface area contributed by atoms with E-state index in [0.29, 0.717) is 24.9 Å². The molecule has 194 valence electrons. The second-order valence-electron chi connectivity index (χ2n) is 9.07. The summed E-state index contributed by atoms with van der Waals surface area (Å²) in [5.41, 5.74) is 9.47. The quantitative estimate of drug-likeness (QED) is 0.0856. The lowest BCUT2D eigenvalue weighted by Gasteiger charge is -2.13. The molecule has 0 aliphatic rings. The smallest absolute Gasteiger partial charge is 0.270 e. The summed E-state index contributed by atoms with van der Waals surface area (Å²) in [5.74, 6) is -0.0953. The van der Waals surface area contributed by atoms with Crippen LogP contribution in [0.15, 0.2) is 48.7 Å². The summed E-state index contributed by atoms with van der Waals surface area (Å²) >= 11 is 0. The van der Waals surface area contributed by atoms with Gasteiger partial charge in [0, 0.05) is 47.9 Å². The van der Waals surface area contributed by atoms with E-state index in [0.717, 1.165) is 67.1 Å². The molecule has 1 heterocycles. The molecule has 3 rings (SSSR count). The molecule has 1 atom stereocenters. The molecular weight excluding hydrogens is 458 g/mol. The summed E-state index contributed by atoms with van der Waals surface area (Å²) in [7, 11) is 0. The number of hydrazine groups is 1. The van der Waals surface area contributed by atoms with Gasteiger partial charge < -0.3 is 15.4 Å². The van der Waals surface area contributed by atoms with Crippen molar-refractivity contribution >= 4 is 22.5 Å². The number of nitrogens with zero attached hydrogens (tertiary/aromatic N) is 1. The number of aliphatic hydroxyl groups excluding tert-OH is 1. The summed E-state index contributed by atoms with van der Waals surface area (Å²) < 4.78 is 0. The first-order valence-electron chi connectivity index (χ1n) is 12.8. The molecule has 0 spiro atoms. The number of benzene rings is 2. The monoisotopic (exact) mass is 495 g/mol. The first-order valence-corrected chi connectivity index (χ1v) is 12.8. The van der Waals surface area contributed by atoms with Gasteiger partial charge in [-0.3, -0.25) is 20.3 Å². The summed E-state index contributed by atoms with van der Waals surface area (Å²) in [6.45, 7) is 3.60. The van der Waals surface area contributed by atoms with Crippen molar-refractivity contribution in [3.8, 4) is 0 Å². The number of nitrogens with one attached hydrogen (secondary N) is 4. The number of aliphatic hydroxyl groups is 1. The molecule has 0 bridgehead atoms. The van der Waals surface area contributed by atoms with Crippen LogP contribution in [0.25, 0.3) is 10.9 Å². The standard InChI is InChI=1S/C27H37N5O4/c1-2-3-16-30-31-26(33)8-6-4-5-7-15-28-27(34)21-11-9-20(10-12-21)17-22-19-29-25-14-13-23(32(35)36)18-24(22)25/h9-14,18-19,26,29-31,33H,2-8,15-17H2,1H3,(H,28,34). The van der Waals surface area contributed by atoms with Crippen LogP contribution in [0, 0.1) is 10.1 Å². The highest BCUT2D eigenvalue weighted by Gasteiger charge is 2.12. The van der Waals surface area contributed by atoms with Gasteiger partial charge in [-0.15, -0.1) is 0 Å². The molecule has 1 amide bonds. The highest BCUT2D eigenvalue weighted by atomic mass is 16.6. The predicted molar refractivity (Wildman–Crippen MR) is 142 cm³/mol. The second kappa shape index (κ2) is 14.3. The number of unbranched alkanes of at least 4 members (excludes halogenated alkanes) is 4. The topological polar surface area (TPSA) is 132 Å². The maximum Gasteiger partial charge on any atom is 0.270 e. The van der Waals surface area contributed by atoms with Crippen molar-refractivity contribution in [3.63, 3.8) is 0 Å². The van der Waals surface area contributed by atoms with Gasteiger partial charge in [0.15, 0.2) is 0 Å². The summed E-state index contributed by atoms with van der Waals surface area (Å²) in [6, 6.07) is 12.3. The zero-order chi connectivity index (χ0) is 25.8. The highest BCUT2D eigenvalue weighted by molar-refractivity contribution is 5.94. The van der Waals surface area contributed by atoms with Crippen LogP contribution < -0.4 is 16.2 Å². The Morgan fingerprint density at radius 2 is 1.83 bits per heavy atom. The average molecular weight is 496 g/mol. The molecule has 9 nitrogen and oxygen atoms in total. The Hall–Kier alpha value is -3.27. The number of aromatic nitrogens is 1. The Balaban J connectivity index is 1.36. The van der Waals surface area contributed by atoms with Crippen LogP contribution in [0.2, 0.25) is 0 Å². The zero-order valence-corrected chi connectivity index (χ0v) is 20.9. The van der Waals surface area contributed by atoms with E-state index in [9.17, 15) is 20.0 Å². The van der Waals surface area contributed by atoms with Gasteiger partial charge in [0.05, 0.1) is 4.92 Å². The SMILES string of the molecule is CCCCNNC(O)CCCCCCNC(=O)c1ccc(Cc2c[nH]c3ccc([N+](=O)[O-])cc23)cc1. The van der Waals surface area contributed by atoms with Gasteiger partial charge in [-0.05, 0) is 61.4 Å². The summed E-state index contributed by atoms with van der Waals surface area (Å²) in [4.78, 5) is 26.3. The van der Waals surface area contributed by atoms with E-state index in [1.165, 1.54) is 6.07 Å². The fourth-order valence-corrected chi connectivity index (χ4v) is 4.07. The van der Waals surface area contributed by atoms with Crippen LogP contribution in [0.1, 0.15) is 73.4 Å². The van der Waals surface area contributed by atoms with Crippen molar-refractivity contribution in [3.05, 3.63) is 75.5 Å². The number of carbonyl (C=O) groups excluding carboxylic acids is 1. The zero-order valence-electron chi connectivity index (χ0n) is 20.9. The van der Waals surface area contributed by atoms with Crippen LogP contribution in [-0.4, -0.2) is 40.2 Å². The Morgan fingerprint density at radius 3 is 2.58 bits per heavy atom. The third-order valence-electron chi connectivity index (χ3n) is 6.19. The molecule has 3 aromatic rings. The summed E-state index contributed by atoms with van der Waals surface area (Å²) in [6.07, 6.45) is 8.69. The van der Waals surface area contributed by atoms with Gasteiger partial charge in [0.2, 0.25) is 0 Å². The molecule has 5 N–H and O–H groups in total. The molecule has 36 heavy (non-hydrogen) atoms. The molecule has 1 unspecified atom stereocenters. The van der Waals surface area contributed by atoms with Crippen molar-refractivity contribution in [2.75, 3.05) is 13.1 Å². The lowest BCUT2D eigenvalue weighted by molar-refractivity contribution is -0.384. The van der Waals surface area contributed by atoms with Gasteiger partial charge in [0.25, 0.3) is 11.6 Å². The molecule has 0 aliphatic heterocycles. The van der Waals surface area contributed by atoms with Gasteiger partial charge in [-0.1, -0.05) is 38.3 Å². The molecule has 0 saturated heterocycles. The molecule has 0 saturated carbocycles. The Kier molecular flexibility index (Phi) is 10.9. The number of H-pyrrole nitrogens is 1. The maximum absolute atomic E-state index is 12.4. The largest absolute Gasteiger partial charge is 0.377 e. The minimum Gasteiger partial charge on any atom is -0.377 e. The van der Waals surface area contributed by atoms with Crippen molar-refractivity contribution in [2.45, 2.75) is 64.5 Å². The lowest BCUT2D eigenvalue weighted by atomic mass is 10.0. The number of carbonyl (C=O) groups is 1. The van der Waals surface area contributed by atoms with E-state index in [4.69, 9.17) is 0 Å². The van der Waals surface area contributed by atoms with E-state index >= 15 is 0 Å². The van der Waals surface area contributed by atoms with Gasteiger partial charge in [-0.2, -0.15) is 0 Å². The summed E-state index contributed by atoms with van der Waals surface area (Å²) in [5, 5.41) is 24.8. The number of amides is 1. The van der Waals surface area contributed by atoms with E-state index in [2.05, 4.69) is 28.1 Å². The average Bonchev–Trinajstić information content (AvgIpc) is 3.28. The number of hydrogen-bond donors (Lipinski definition) is 5. The first kappa shape index (κ1) is 27.3. The number of fused-ring (bicyclic) bond motifs is 1. The molecule has 9 heteroatoms. The number of hydrogen-bond acceptors (Lipinski definition) is 6. The Morgan fingerprint density at radius 1 is 1.06 bits per heavy atom. The fourth-order valence-electron chi connectivity index (χ4n) is 4.07. The normalized spacial score (nSPS) is 12.1.